The van der Waals surface area contributed by atoms with E-state index >= 15 is 0 Å². The number of ketones is 1. The van der Waals surface area contributed by atoms with E-state index in [1.54, 1.807) is 29.2 Å². The molecule has 6 nitrogen and oxygen atoms in total. The number of hydrogen-bond acceptors (Lipinski definition) is 5. The monoisotopic (exact) mass is 455 g/mol. The summed E-state index contributed by atoms with van der Waals surface area (Å²) in [5.41, 5.74) is 2.27. The summed E-state index contributed by atoms with van der Waals surface area (Å²) in [5, 5.41) is 10.8. The molecule has 4 rings (SSSR count). The van der Waals surface area contributed by atoms with Gasteiger partial charge in [0.25, 0.3) is 0 Å². The summed E-state index contributed by atoms with van der Waals surface area (Å²) in [7, 11) is 2.89. The van der Waals surface area contributed by atoms with Crippen molar-refractivity contribution in [3.8, 4) is 17.2 Å². The molecule has 7 heteroatoms. The first-order chi connectivity index (χ1) is 15.2. The zero-order valence-electron chi connectivity index (χ0n) is 18.6. The molecular formula is C25H26ClNO5. The molecule has 1 aliphatic heterocycles. The quantitative estimate of drug-likeness (QED) is 0.683. The maximum absolute atomic E-state index is 13.5. The minimum Gasteiger partial charge on any atom is -0.502 e. The fraction of sp³-hybridized carbons (Fsp3) is 0.360. The number of phenols is 1. The zero-order valence-corrected chi connectivity index (χ0v) is 19.3. The number of halogens is 1. The van der Waals surface area contributed by atoms with Crippen molar-refractivity contribution in [2.75, 3.05) is 19.1 Å². The number of para-hydroxylation sites is 1. The topological polar surface area (TPSA) is 76.1 Å². The number of nitrogens with zero attached hydrogens (tertiary/aromatic N) is 1. The average molecular weight is 456 g/mol. The van der Waals surface area contributed by atoms with Crippen LogP contribution in [0.2, 0.25) is 5.02 Å². The van der Waals surface area contributed by atoms with Crippen LogP contribution in [0.5, 0.6) is 17.2 Å². The lowest BCUT2D eigenvalue weighted by atomic mass is 9.69. The van der Waals surface area contributed by atoms with Crippen molar-refractivity contribution in [2.24, 2.45) is 5.41 Å². The van der Waals surface area contributed by atoms with Gasteiger partial charge in [-0.2, -0.15) is 0 Å². The number of aromatic hydroxyl groups is 1. The Balaban J connectivity index is 1.94. The van der Waals surface area contributed by atoms with Crippen LogP contribution in [0.4, 0.5) is 5.69 Å². The van der Waals surface area contributed by atoms with E-state index in [4.69, 9.17) is 21.1 Å². The van der Waals surface area contributed by atoms with Gasteiger partial charge in [0.2, 0.25) is 11.7 Å². The Kier molecular flexibility index (Phi) is 5.67. The van der Waals surface area contributed by atoms with Crippen LogP contribution >= 0.6 is 11.6 Å². The summed E-state index contributed by atoms with van der Waals surface area (Å²) in [4.78, 5) is 28.5. The summed E-state index contributed by atoms with van der Waals surface area (Å²) in [6, 6.07) is 10.5. The highest BCUT2D eigenvalue weighted by Gasteiger charge is 2.45. The van der Waals surface area contributed by atoms with Gasteiger partial charge in [-0.05, 0) is 41.7 Å². The first-order valence-electron chi connectivity index (χ1n) is 10.5. The second-order valence-corrected chi connectivity index (χ2v) is 9.42. The number of methoxy groups -OCH3 is 2. The molecule has 0 saturated heterocycles. The van der Waals surface area contributed by atoms with Crippen molar-refractivity contribution in [3.63, 3.8) is 0 Å². The number of carbonyl (C=O) groups is 2. The van der Waals surface area contributed by atoms with Crippen LogP contribution in [0, 0.1) is 5.41 Å². The highest BCUT2D eigenvalue weighted by atomic mass is 35.5. The van der Waals surface area contributed by atoms with Crippen LogP contribution in [0.3, 0.4) is 0 Å². The Morgan fingerprint density at radius 2 is 1.69 bits per heavy atom. The largest absolute Gasteiger partial charge is 0.502 e. The summed E-state index contributed by atoms with van der Waals surface area (Å²) in [6.45, 7) is 4.06. The number of carbonyl (C=O) groups excluding carboxylic acids is 2. The third kappa shape index (κ3) is 3.73. The first kappa shape index (κ1) is 22.2. The van der Waals surface area contributed by atoms with Gasteiger partial charge in [0.1, 0.15) is 0 Å². The fourth-order valence-electron chi connectivity index (χ4n) is 4.73. The van der Waals surface area contributed by atoms with E-state index < -0.39 is 5.92 Å². The van der Waals surface area contributed by atoms with Crippen LogP contribution in [0.1, 0.15) is 44.6 Å². The van der Waals surface area contributed by atoms with Crippen molar-refractivity contribution in [1.82, 2.24) is 0 Å². The average Bonchev–Trinajstić information content (AvgIpc) is 2.73. The van der Waals surface area contributed by atoms with Crippen LogP contribution in [-0.4, -0.2) is 31.0 Å². The molecular weight excluding hydrogens is 430 g/mol. The molecule has 2 aliphatic rings. The highest BCUT2D eigenvalue weighted by molar-refractivity contribution is 6.34. The highest BCUT2D eigenvalue weighted by Crippen LogP contribution is 2.50. The summed E-state index contributed by atoms with van der Waals surface area (Å²) in [6.07, 6.45) is 1.04. The number of amides is 1. The minimum atomic E-state index is -0.469. The van der Waals surface area contributed by atoms with Crippen molar-refractivity contribution >= 4 is 29.0 Å². The van der Waals surface area contributed by atoms with Gasteiger partial charge in [-0.15, -0.1) is 0 Å². The van der Waals surface area contributed by atoms with Gasteiger partial charge in [-0.3, -0.25) is 14.5 Å². The van der Waals surface area contributed by atoms with Gasteiger partial charge in [-0.25, -0.2) is 0 Å². The number of anilines is 1. The third-order valence-corrected chi connectivity index (χ3v) is 6.46. The Morgan fingerprint density at radius 1 is 1.06 bits per heavy atom. The van der Waals surface area contributed by atoms with Gasteiger partial charge in [0.05, 0.1) is 24.9 Å². The second kappa shape index (κ2) is 8.17. The molecule has 1 amide bonds. The lowest BCUT2D eigenvalue weighted by Crippen LogP contribution is -2.43. The second-order valence-electron chi connectivity index (χ2n) is 9.01. The van der Waals surface area contributed by atoms with E-state index in [0.29, 0.717) is 40.4 Å². The lowest BCUT2D eigenvalue weighted by Gasteiger charge is -2.43. The van der Waals surface area contributed by atoms with E-state index in [9.17, 15) is 14.7 Å². The molecule has 2 aromatic rings. The van der Waals surface area contributed by atoms with E-state index in [2.05, 4.69) is 0 Å². The molecule has 0 fully saturated rings. The van der Waals surface area contributed by atoms with Crippen molar-refractivity contribution in [1.29, 1.82) is 0 Å². The van der Waals surface area contributed by atoms with Gasteiger partial charge in [0.15, 0.2) is 17.3 Å². The number of allylic oxidation sites excluding steroid dienone is 2. The van der Waals surface area contributed by atoms with Crippen molar-refractivity contribution in [3.05, 3.63) is 58.3 Å². The smallest absolute Gasteiger partial charge is 0.232 e. The molecule has 1 unspecified atom stereocenters. The molecule has 0 radical (unpaired) electrons. The normalized spacial score (nSPS) is 20.3. The number of ether oxygens (including phenoxy) is 2. The number of Topliss-reactive ketones (excluding diaryl/α,β-unsaturated/α-hetero) is 1. The molecule has 0 bridgehead atoms. The Hall–Kier alpha value is -2.99. The van der Waals surface area contributed by atoms with Gasteiger partial charge in [-0.1, -0.05) is 37.6 Å². The molecule has 32 heavy (non-hydrogen) atoms. The zero-order chi connectivity index (χ0) is 23.2. The number of hydrogen-bond donors (Lipinski definition) is 1. The van der Waals surface area contributed by atoms with Crippen LogP contribution in [0.15, 0.2) is 47.7 Å². The Labute approximate surface area is 192 Å². The van der Waals surface area contributed by atoms with Crippen LogP contribution < -0.4 is 14.4 Å². The first-order valence-corrected chi connectivity index (χ1v) is 10.8. The number of benzene rings is 2. The molecule has 0 spiro atoms. The van der Waals surface area contributed by atoms with Crippen molar-refractivity contribution in [2.45, 2.75) is 39.0 Å². The molecule has 0 aromatic heterocycles. The molecule has 2 aromatic carbocycles. The molecule has 1 atom stereocenters. The molecule has 1 heterocycles. The van der Waals surface area contributed by atoms with Gasteiger partial charge in [0, 0.05) is 30.0 Å². The molecule has 0 saturated carbocycles. The number of phenolic OH excluding ortho intramolecular Hbond substituents is 1. The van der Waals surface area contributed by atoms with Crippen molar-refractivity contribution < 1.29 is 24.2 Å². The minimum absolute atomic E-state index is 0.0109. The predicted molar refractivity (Wildman–Crippen MR) is 123 cm³/mol. The molecule has 1 aliphatic carbocycles. The Bertz CT molecular complexity index is 1110. The van der Waals surface area contributed by atoms with Crippen LogP contribution in [0.25, 0.3) is 0 Å². The molecule has 168 valence electrons. The summed E-state index contributed by atoms with van der Waals surface area (Å²) < 4.78 is 10.6. The summed E-state index contributed by atoms with van der Waals surface area (Å²) in [5.74, 6) is -0.264. The standard InChI is InChI=1S/C25H26ClNO5/c1-25(2)12-18-23(19(28)13-25)15(14-9-20(31-3)24(30)21(10-14)32-4)11-22(29)27(18)17-8-6-5-7-16(17)26/h5-10,15,30H,11-13H2,1-4H3. The van der Waals surface area contributed by atoms with Gasteiger partial charge >= 0.3 is 0 Å². The lowest BCUT2D eigenvalue weighted by molar-refractivity contribution is -0.121. The third-order valence-electron chi connectivity index (χ3n) is 6.14. The maximum atomic E-state index is 13.5. The SMILES string of the molecule is COc1cc(C2CC(=O)N(c3ccccc3Cl)C3=C2C(=O)CC(C)(C)C3)cc(OC)c1O. The Morgan fingerprint density at radius 3 is 2.28 bits per heavy atom. The maximum Gasteiger partial charge on any atom is 0.232 e. The molecule has 1 N–H and O–H groups in total. The van der Waals surface area contributed by atoms with E-state index in [1.807, 2.05) is 26.0 Å². The van der Waals surface area contributed by atoms with Gasteiger partial charge < -0.3 is 14.6 Å². The number of rotatable bonds is 4. The fourth-order valence-corrected chi connectivity index (χ4v) is 4.95. The predicted octanol–water partition coefficient (Wildman–Crippen LogP) is 5.23. The van der Waals surface area contributed by atoms with E-state index in [0.717, 1.165) is 0 Å². The van der Waals surface area contributed by atoms with E-state index in [1.165, 1.54) is 14.2 Å². The van der Waals surface area contributed by atoms with Crippen LogP contribution in [-0.2, 0) is 9.59 Å². The van der Waals surface area contributed by atoms with E-state index in [-0.39, 0.29) is 40.8 Å². The summed E-state index contributed by atoms with van der Waals surface area (Å²) >= 11 is 6.45.